The number of rotatable bonds is 14. The van der Waals surface area contributed by atoms with Crippen LogP contribution in [0.15, 0.2) is 425 Å². The number of hydrogen-bond acceptors (Lipinski definition) is 3. The lowest BCUT2D eigenvalue weighted by atomic mass is 9.95. The van der Waals surface area contributed by atoms with E-state index in [1.165, 1.54) is 87.4 Å². The van der Waals surface area contributed by atoms with Crippen LogP contribution >= 0.6 is 11.6 Å². The van der Waals surface area contributed by atoms with Crippen LogP contribution in [0.1, 0.15) is 0 Å². The molecule has 0 fully saturated rings. The third-order valence-corrected chi connectivity index (χ3v) is 21.3. The van der Waals surface area contributed by atoms with Crippen LogP contribution in [0.5, 0.6) is 0 Å². The van der Waals surface area contributed by atoms with E-state index in [9.17, 15) is 0 Å². The fourth-order valence-electron chi connectivity index (χ4n) is 16.0. The minimum Gasteiger partial charge on any atom is -0.310 e. The van der Waals surface area contributed by atoms with Crippen LogP contribution in [0.2, 0.25) is 5.02 Å². The maximum Gasteiger partial charge on any atom is 0.0561 e. The summed E-state index contributed by atoms with van der Waals surface area (Å²) in [6, 6.07) is 152. The summed E-state index contributed by atoms with van der Waals surface area (Å²) in [6.45, 7) is 0. The van der Waals surface area contributed by atoms with Crippen molar-refractivity contribution in [2.45, 2.75) is 0 Å². The largest absolute Gasteiger partial charge is 0.310 e. The van der Waals surface area contributed by atoms with Crippen molar-refractivity contribution >= 4 is 139 Å². The second-order valence-corrected chi connectivity index (χ2v) is 27.7. The molecule has 5 nitrogen and oxygen atoms in total. The Hall–Kier alpha value is -14.0. The summed E-state index contributed by atoms with van der Waals surface area (Å²) in [5.74, 6) is 0. The first-order valence-electron chi connectivity index (χ1n) is 36.7. The third kappa shape index (κ3) is 11.9. The van der Waals surface area contributed by atoms with Crippen molar-refractivity contribution < 1.29 is 0 Å². The van der Waals surface area contributed by atoms with Gasteiger partial charge in [0.15, 0.2) is 0 Å². The number of halogens is 1. The Morgan fingerprint density at radius 1 is 0.185 bits per heavy atom. The molecule has 2 aromatic heterocycles. The van der Waals surface area contributed by atoms with Gasteiger partial charge in [0.1, 0.15) is 0 Å². The van der Waals surface area contributed by atoms with Crippen molar-refractivity contribution in [2.24, 2.45) is 0 Å². The zero-order valence-corrected chi connectivity index (χ0v) is 59.8. The molecular formula is C102H70ClN5. The highest BCUT2D eigenvalue weighted by Crippen LogP contribution is 2.48. The van der Waals surface area contributed by atoms with E-state index in [2.05, 4.69) is 436 Å². The maximum atomic E-state index is 6.53. The van der Waals surface area contributed by atoms with Crippen molar-refractivity contribution in [3.63, 3.8) is 0 Å². The summed E-state index contributed by atoms with van der Waals surface area (Å²) < 4.78 is 4.75. The fourth-order valence-corrected chi connectivity index (χ4v) is 16.3. The van der Waals surface area contributed by atoms with Gasteiger partial charge >= 0.3 is 0 Å². The van der Waals surface area contributed by atoms with Crippen LogP contribution < -0.4 is 14.7 Å². The van der Waals surface area contributed by atoms with E-state index < -0.39 is 0 Å². The summed E-state index contributed by atoms with van der Waals surface area (Å²) in [5.41, 5.74) is 24.1. The molecule has 0 atom stereocenters. The van der Waals surface area contributed by atoms with E-state index in [-0.39, 0.29) is 0 Å². The normalized spacial score (nSPS) is 11.4. The van der Waals surface area contributed by atoms with Gasteiger partial charge in [0.05, 0.1) is 33.4 Å². The molecule has 20 aromatic rings. The molecule has 108 heavy (non-hydrogen) atoms. The van der Waals surface area contributed by atoms with Gasteiger partial charge in [-0.3, -0.25) is 0 Å². The van der Waals surface area contributed by atoms with Crippen molar-refractivity contribution in [1.82, 2.24) is 9.13 Å². The van der Waals surface area contributed by atoms with Crippen LogP contribution in [0.25, 0.3) is 121 Å². The molecule has 0 spiro atoms. The number of anilines is 9. The number of benzene rings is 18. The van der Waals surface area contributed by atoms with Crippen LogP contribution in [0.4, 0.5) is 51.2 Å². The first kappa shape index (κ1) is 64.8. The van der Waals surface area contributed by atoms with E-state index in [0.29, 0.717) is 0 Å². The lowest BCUT2D eigenvalue weighted by Crippen LogP contribution is -2.11. The van der Waals surface area contributed by atoms with E-state index in [1.807, 2.05) is 12.1 Å². The second-order valence-electron chi connectivity index (χ2n) is 27.3. The molecule has 0 saturated carbocycles. The summed E-state index contributed by atoms with van der Waals surface area (Å²) >= 11 is 6.53. The summed E-state index contributed by atoms with van der Waals surface area (Å²) in [5, 5.41) is 12.7. The van der Waals surface area contributed by atoms with Gasteiger partial charge in [0.25, 0.3) is 0 Å². The molecule has 2 heterocycles. The topological polar surface area (TPSA) is 19.6 Å². The number of aromatic nitrogens is 2. The molecular weight excluding hydrogens is 1330 g/mol. The smallest absolute Gasteiger partial charge is 0.0561 e. The molecule has 0 aliphatic rings. The molecule has 0 bridgehead atoms. The van der Waals surface area contributed by atoms with Gasteiger partial charge in [0, 0.05) is 93.9 Å². The molecule has 0 aliphatic carbocycles. The van der Waals surface area contributed by atoms with E-state index in [0.717, 1.165) is 89.5 Å². The Morgan fingerprint density at radius 3 is 1.03 bits per heavy atom. The zero-order valence-electron chi connectivity index (χ0n) is 59.0. The minimum atomic E-state index is 0.773. The van der Waals surface area contributed by atoms with Crippen molar-refractivity contribution in [1.29, 1.82) is 0 Å². The van der Waals surface area contributed by atoms with E-state index in [1.54, 1.807) is 0 Å². The summed E-state index contributed by atoms with van der Waals surface area (Å²) in [4.78, 5) is 7.12. The Balaban J connectivity index is 0.000000160. The van der Waals surface area contributed by atoms with Gasteiger partial charge in [-0.05, 0) is 189 Å². The maximum absolute atomic E-state index is 6.53. The van der Waals surface area contributed by atoms with Crippen LogP contribution in [-0.4, -0.2) is 9.13 Å². The highest BCUT2D eigenvalue weighted by molar-refractivity contribution is 6.36. The number of hydrogen-bond donors (Lipinski definition) is 0. The number of para-hydroxylation sites is 6. The lowest BCUT2D eigenvalue weighted by molar-refractivity contribution is 1.18. The molecule has 0 radical (unpaired) electrons. The first-order valence-corrected chi connectivity index (χ1v) is 37.1. The van der Waals surface area contributed by atoms with Crippen LogP contribution in [0, 0.1) is 0 Å². The highest BCUT2D eigenvalue weighted by atomic mass is 35.5. The fraction of sp³-hybridized carbons (Fsp3) is 0. The number of nitrogens with zero attached hydrogens (tertiary/aromatic N) is 5. The predicted molar refractivity (Wildman–Crippen MR) is 459 cm³/mol. The lowest BCUT2D eigenvalue weighted by Gasteiger charge is -2.29. The molecule has 0 saturated heterocycles. The second kappa shape index (κ2) is 28.2. The van der Waals surface area contributed by atoms with Gasteiger partial charge in [-0.15, -0.1) is 0 Å². The molecule has 6 heteroatoms. The van der Waals surface area contributed by atoms with Gasteiger partial charge in [-0.2, -0.15) is 0 Å². The Bertz CT molecular complexity index is 6650. The highest BCUT2D eigenvalue weighted by Gasteiger charge is 2.23. The van der Waals surface area contributed by atoms with Crippen molar-refractivity contribution in [3.05, 3.63) is 430 Å². The summed E-state index contributed by atoms with van der Waals surface area (Å²) in [6.07, 6.45) is 0. The van der Waals surface area contributed by atoms with Gasteiger partial charge in [-0.25, -0.2) is 0 Å². The standard InChI is InChI=1S/C62H43N3.C40H27ClN2/c1-4-17-44(18-5-1)45-31-35-51(36-32-45)64(59-30-16-20-46-19-10-11-25-54(46)59)61-42-41-53(55-26-12-13-27-56(55)61)47-33-37-50(38-34-47)63(48-21-6-2-7-22-48)52-39-40-58-57-28-14-15-29-60(57)65(62(58)43-52)49-23-8-3-9-24-49;41-38-26-25-33(34-15-7-8-16-35(34)38)28-19-21-31(22-20-28)42(29-11-3-1-4-12-29)32-23-24-37-36-17-9-10-18-39(36)43(40(37)27-32)30-13-5-2-6-14-30/h1-43H;1-27H. The zero-order chi connectivity index (χ0) is 71.9. The van der Waals surface area contributed by atoms with Gasteiger partial charge < -0.3 is 23.8 Å². The van der Waals surface area contributed by atoms with Crippen LogP contribution in [-0.2, 0) is 0 Å². The molecule has 0 aliphatic heterocycles. The molecule has 510 valence electrons. The average Bonchev–Trinajstić information content (AvgIpc) is 1.39. The molecule has 0 N–H and O–H groups in total. The Kier molecular flexibility index (Phi) is 17.0. The third-order valence-electron chi connectivity index (χ3n) is 21.0. The molecule has 20 rings (SSSR count). The number of fused-ring (bicyclic) bond motifs is 9. The minimum absolute atomic E-state index is 0.773. The first-order chi connectivity index (χ1) is 53.5. The quantitative estimate of drug-likeness (QED) is 0.108. The molecule has 18 aromatic carbocycles. The van der Waals surface area contributed by atoms with E-state index >= 15 is 0 Å². The van der Waals surface area contributed by atoms with Gasteiger partial charge in [0.2, 0.25) is 0 Å². The SMILES string of the molecule is Clc1ccc(-c2ccc(N(c3ccccc3)c3ccc4c5ccccc5n(-c5ccccc5)c4c3)cc2)c2ccccc12.c1ccc(-c2ccc(N(c3cccc4ccccc34)c3ccc(-c4ccc(N(c5ccccc5)c5ccc6c7ccccc7n(-c7ccccc7)c6c5)cc4)c4ccccc34)cc2)cc1. The Morgan fingerprint density at radius 2 is 0.519 bits per heavy atom. The molecule has 0 amide bonds. The average molecular weight is 1400 g/mol. The molecule has 0 unspecified atom stereocenters. The van der Waals surface area contributed by atoms with Crippen molar-refractivity contribution in [2.75, 3.05) is 14.7 Å². The predicted octanol–water partition coefficient (Wildman–Crippen LogP) is 29.1. The summed E-state index contributed by atoms with van der Waals surface area (Å²) in [7, 11) is 0. The van der Waals surface area contributed by atoms with Crippen LogP contribution in [0.3, 0.4) is 0 Å². The van der Waals surface area contributed by atoms with Crippen molar-refractivity contribution in [3.8, 4) is 44.8 Å². The van der Waals surface area contributed by atoms with Gasteiger partial charge in [-0.1, -0.05) is 297 Å². The Labute approximate surface area is 632 Å². The van der Waals surface area contributed by atoms with E-state index in [4.69, 9.17) is 11.6 Å². The monoisotopic (exact) mass is 1400 g/mol.